The summed E-state index contributed by atoms with van der Waals surface area (Å²) in [5, 5.41) is 0. The monoisotopic (exact) mass is 220 g/mol. The maximum atomic E-state index is 2.45. The molecule has 0 aromatic rings. The van der Waals surface area contributed by atoms with Crippen LogP contribution in [0.5, 0.6) is 0 Å². The minimum absolute atomic E-state index is 0.909. The fourth-order valence-corrected chi connectivity index (χ4v) is 5.53. The van der Waals surface area contributed by atoms with E-state index in [9.17, 15) is 0 Å². The Labute approximate surface area is 85.0 Å². The number of nitrogens with zero attached hydrogens (tertiary/aromatic N) is 1. The zero-order valence-electron chi connectivity index (χ0n) is 8.39. The first-order chi connectivity index (χ1) is 5.49. The van der Waals surface area contributed by atoms with Crippen molar-refractivity contribution in [1.82, 2.24) is 0 Å². The van der Waals surface area contributed by atoms with E-state index in [-0.39, 0.29) is 0 Å². The smallest absolute Gasteiger partial charge is 0.225 e. The molecule has 0 atom stereocenters. The van der Waals surface area contributed by atoms with Crippen LogP contribution in [-0.2, 0) is 0 Å². The fraction of sp³-hybridized carbons (Fsp3) is 0.875. The van der Waals surface area contributed by atoms with Gasteiger partial charge < -0.3 is 0 Å². The Morgan fingerprint density at radius 3 is 2.17 bits per heavy atom. The van der Waals surface area contributed by atoms with Crippen molar-refractivity contribution < 1.29 is 4.58 Å². The van der Waals surface area contributed by atoms with Gasteiger partial charge >= 0.3 is 0 Å². The highest BCUT2D eigenvalue weighted by Gasteiger charge is 2.24. The summed E-state index contributed by atoms with van der Waals surface area (Å²) in [6.07, 6.45) is 1.29. The second-order valence-electron chi connectivity index (χ2n) is 4.38. The molecule has 0 spiro atoms. The molecule has 0 saturated carbocycles. The van der Waals surface area contributed by atoms with Gasteiger partial charge in [0.25, 0.3) is 4.38 Å². The third-order valence-electron chi connectivity index (χ3n) is 1.56. The van der Waals surface area contributed by atoms with Crippen LogP contribution in [0.4, 0.5) is 0 Å². The molecule has 1 rings (SSSR count). The lowest BCUT2D eigenvalue weighted by atomic mass is 11.0. The predicted molar refractivity (Wildman–Crippen MR) is 64.3 cm³/mol. The minimum atomic E-state index is -0.909. The van der Waals surface area contributed by atoms with Crippen molar-refractivity contribution in [3.63, 3.8) is 0 Å². The molecule has 0 aromatic carbocycles. The lowest BCUT2D eigenvalue weighted by Crippen LogP contribution is -2.34. The van der Waals surface area contributed by atoms with Crippen LogP contribution in [0.1, 0.15) is 0 Å². The van der Waals surface area contributed by atoms with Gasteiger partial charge in [-0.15, -0.1) is 0 Å². The van der Waals surface area contributed by atoms with Gasteiger partial charge in [-0.25, -0.2) is 4.58 Å². The SMILES string of the molecule is C[N+](C[Si](C)(C)C)=C1SCCS1. The van der Waals surface area contributed by atoms with Gasteiger partial charge in [-0.05, 0) is 23.5 Å². The normalized spacial score (nSPS) is 18.5. The average molecular weight is 220 g/mol. The maximum absolute atomic E-state index is 2.45. The van der Waals surface area contributed by atoms with Gasteiger partial charge in [0.1, 0.15) is 21.3 Å². The van der Waals surface area contributed by atoms with Crippen molar-refractivity contribution in [2.45, 2.75) is 19.6 Å². The Morgan fingerprint density at radius 1 is 1.25 bits per heavy atom. The first-order valence-corrected chi connectivity index (χ1v) is 10.0. The second-order valence-corrected chi connectivity index (χ2v) is 12.2. The van der Waals surface area contributed by atoms with Crippen molar-refractivity contribution in [2.24, 2.45) is 0 Å². The van der Waals surface area contributed by atoms with Gasteiger partial charge in [0.05, 0.1) is 0 Å². The summed E-state index contributed by atoms with van der Waals surface area (Å²) in [6, 6.07) is 0. The molecule has 1 nitrogen and oxygen atoms in total. The molecule has 0 unspecified atom stereocenters. The van der Waals surface area contributed by atoms with E-state index in [1.165, 1.54) is 22.0 Å². The molecule has 1 fully saturated rings. The molecule has 70 valence electrons. The summed E-state index contributed by atoms with van der Waals surface area (Å²) in [4.78, 5) is 0. The summed E-state index contributed by atoms with van der Waals surface area (Å²) in [6.45, 7) is 7.27. The zero-order valence-corrected chi connectivity index (χ0v) is 11.0. The lowest BCUT2D eigenvalue weighted by molar-refractivity contribution is -0.474. The zero-order chi connectivity index (χ0) is 9.19. The molecule has 4 heteroatoms. The van der Waals surface area contributed by atoms with Crippen LogP contribution in [0.2, 0.25) is 19.6 Å². The van der Waals surface area contributed by atoms with Gasteiger partial charge in [-0.3, -0.25) is 0 Å². The molecule has 1 aliphatic rings. The molecule has 0 amide bonds. The summed E-state index contributed by atoms with van der Waals surface area (Å²) in [5.41, 5.74) is 0. The molecule has 0 bridgehead atoms. The van der Waals surface area contributed by atoms with Gasteiger partial charge in [0.2, 0.25) is 0 Å². The Balaban J connectivity index is 2.56. The Morgan fingerprint density at radius 2 is 1.75 bits per heavy atom. The summed E-state index contributed by atoms with van der Waals surface area (Å²) >= 11 is 4.04. The van der Waals surface area contributed by atoms with E-state index in [4.69, 9.17) is 0 Å². The van der Waals surface area contributed by atoms with Crippen LogP contribution < -0.4 is 0 Å². The van der Waals surface area contributed by atoms with E-state index in [1.54, 1.807) is 0 Å². The largest absolute Gasteiger partial charge is 0.269 e. The average Bonchev–Trinajstić information content (AvgIpc) is 2.32. The number of thioether (sulfide) groups is 2. The minimum Gasteiger partial charge on any atom is -0.225 e. The Bertz CT molecular complexity index is 188. The number of hydrogen-bond acceptors (Lipinski definition) is 2. The highest BCUT2D eigenvalue weighted by Crippen LogP contribution is 2.25. The summed E-state index contributed by atoms with van der Waals surface area (Å²) in [7, 11) is 1.33. The van der Waals surface area contributed by atoms with Gasteiger partial charge in [0, 0.05) is 11.5 Å². The molecule has 0 aromatic heterocycles. The van der Waals surface area contributed by atoms with Crippen LogP contribution in [0.3, 0.4) is 0 Å². The third-order valence-corrected chi connectivity index (χ3v) is 5.88. The fourth-order valence-electron chi connectivity index (χ4n) is 1.30. The van der Waals surface area contributed by atoms with Crippen molar-refractivity contribution in [1.29, 1.82) is 0 Å². The predicted octanol–water partition coefficient (Wildman–Crippen LogP) is 2.34. The molecule has 1 aliphatic heterocycles. The van der Waals surface area contributed by atoms with E-state index >= 15 is 0 Å². The van der Waals surface area contributed by atoms with Gasteiger partial charge in [-0.1, -0.05) is 19.6 Å². The number of hydrogen-bond donors (Lipinski definition) is 0. The van der Waals surface area contributed by atoms with Crippen molar-refractivity contribution in [3.8, 4) is 0 Å². The molecular formula is C8H18NS2Si+. The van der Waals surface area contributed by atoms with Crippen LogP contribution in [0.25, 0.3) is 0 Å². The molecule has 1 saturated heterocycles. The van der Waals surface area contributed by atoms with Gasteiger partial charge in [0.15, 0.2) is 0 Å². The maximum Gasteiger partial charge on any atom is 0.269 e. The molecule has 0 radical (unpaired) electrons. The van der Waals surface area contributed by atoms with Crippen molar-refractivity contribution in [3.05, 3.63) is 0 Å². The van der Waals surface area contributed by atoms with E-state index < -0.39 is 8.07 Å². The van der Waals surface area contributed by atoms with Crippen LogP contribution in [-0.4, -0.2) is 41.7 Å². The van der Waals surface area contributed by atoms with Crippen LogP contribution >= 0.6 is 23.5 Å². The molecule has 0 N–H and O–H groups in total. The van der Waals surface area contributed by atoms with Gasteiger partial charge in [-0.2, -0.15) is 0 Å². The molecular weight excluding hydrogens is 202 g/mol. The van der Waals surface area contributed by atoms with E-state index in [0.29, 0.717) is 0 Å². The van der Waals surface area contributed by atoms with Crippen LogP contribution in [0, 0.1) is 0 Å². The summed E-state index contributed by atoms with van der Waals surface area (Å²) < 4.78 is 3.99. The Hall–Kier alpha value is 0.587. The first-order valence-electron chi connectivity index (χ1n) is 4.33. The summed E-state index contributed by atoms with van der Waals surface area (Å²) in [5.74, 6) is 2.60. The van der Waals surface area contributed by atoms with E-state index in [2.05, 4.69) is 31.3 Å². The van der Waals surface area contributed by atoms with E-state index in [1.807, 2.05) is 23.5 Å². The second kappa shape index (κ2) is 4.20. The number of rotatable bonds is 2. The highest BCUT2D eigenvalue weighted by molar-refractivity contribution is 8.41. The molecule has 1 heterocycles. The third kappa shape index (κ3) is 3.54. The highest BCUT2D eigenvalue weighted by atomic mass is 32.2. The van der Waals surface area contributed by atoms with Crippen LogP contribution in [0.15, 0.2) is 0 Å². The first kappa shape index (κ1) is 10.7. The Kier molecular flexibility index (Phi) is 3.73. The lowest BCUT2D eigenvalue weighted by Gasteiger charge is -2.12. The topological polar surface area (TPSA) is 3.01 Å². The molecule has 12 heavy (non-hydrogen) atoms. The van der Waals surface area contributed by atoms with Crippen molar-refractivity contribution >= 4 is 36.0 Å². The quantitative estimate of drug-likeness (QED) is 0.519. The standard InChI is InChI=1S/C8H18NS2Si/c1-9(7-12(2,3)4)8-10-5-6-11-8/h5-7H2,1-4H3/q+1. The molecule has 0 aliphatic carbocycles. The van der Waals surface area contributed by atoms with E-state index in [0.717, 1.165) is 0 Å². The van der Waals surface area contributed by atoms with Crippen molar-refractivity contribution in [2.75, 3.05) is 24.7 Å².